The number of hydrogen-bond acceptors (Lipinski definition) is 5. The van der Waals surface area contributed by atoms with E-state index < -0.39 is 4.92 Å². The Bertz CT molecular complexity index is 518. The monoisotopic (exact) mass is 260 g/mol. The van der Waals surface area contributed by atoms with E-state index in [0.29, 0.717) is 18.3 Å². The molecular weight excluding hydrogens is 244 g/mol. The van der Waals surface area contributed by atoms with Crippen LogP contribution in [0.4, 0.5) is 11.4 Å². The summed E-state index contributed by atoms with van der Waals surface area (Å²) in [6.45, 7) is 1.70. The van der Waals surface area contributed by atoms with Crippen LogP contribution in [0.3, 0.4) is 0 Å². The average molecular weight is 260 g/mol. The second-order valence-electron chi connectivity index (χ2n) is 4.72. The van der Waals surface area contributed by atoms with E-state index in [4.69, 9.17) is 5.26 Å². The van der Waals surface area contributed by atoms with Crippen LogP contribution < -0.4 is 10.2 Å². The first-order chi connectivity index (χ1) is 9.13. The molecular formula is C13H16N4O2. The molecule has 100 valence electrons. The third-order valence-corrected chi connectivity index (χ3v) is 3.39. The molecule has 2 rings (SSSR count). The van der Waals surface area contributed by atoms with E-state index in [2.05, 4.69) is 5.32 Å². The van der Waals surface area contributed by atoms with E-state index in [1.54, 1.807) is 12.1 Å². The maximum atomic E-state index is 11.2. The van der Waals surface area contributed by atoms with Gasteiger partial charge in [-0.05, 0) is 31.5 Å². The summed E-state index contributed by atoms with van der Waals surface area (Å²) in [6.07, 6.45) is 2.22. The summed E-state index contributed by atoms with van der Waals surface area (Å²) in [7, 11) is 1.82. The summed E-state index contributed by atoms with van der Waals surface area (Å²) in [6, 6.07) is 7.08. The predicted molar refractivity (Wildman–Crippen MR) is 72.1 cm³/mol. The first-order valence-electron chi connectivity index (χ1n) is 6.25. The number of likely N-dealkylation sites (N-methyl/N-ethyl adjacent to an activating group) is 1. The first kappa shape index (κ1) is 13.3. The molecule has 1 unspecified atom stereocenters. The molecule has 1 N–H and O–H groups in total. The van der Waals surface area contributed by atoms with Gasteiger partial charge in [0.05, 0.1) is 4.92 Å². The highest BCUT2D eigenvalue weighted by molar-refractivity contribution is 5.69. The Hall–Kier alpha value is -2.13. The Balaban J connectivity index is 2.27. The van der Waals surface area contributed by atoms with E-state index in [0.717, 1.165) is 19.4 Å². The van der Waals surface area contributed by atoms with Gasteiger partial charge < -0.3 is 10.2 Å². The predicted octanol–water partition coefficient (Wildman–Crippen LogP) is 1.65. The summed E-state index contributed by atoms with van der Waals surface area (Å²) < 4.78 is 0. The van der Waals surface area contributed by atoms with E-state index >= 15 is 0 Å². The molecule has 1 aliphatic heterocycles. The van der Waals surface area contributed by atoms with Crippen molar-refractivity contribution in [2.45, 2.75) is 18.9 Å². The number of para-hydroxylation sites is 1. The first-order valence-corrected chi connectivity index (χ1v) is 6.25. The van der Waals surface area contributed by atoms with Crippen molar-refractivity contribution in [3.8, 4) is 6.07 Å². The summed E-state index contributed by atoms with van der Waals surface area (Å²) in [4.78, 5) is 12.5. The van der Waals surface area contributed by atoms with Gasteiger partial charge in [0, 0.05) is 19.6 Å². The Kier molecular flexibility index (Phi) is 3.97. The normalized spacial score (nSPS) is 18.0. The van der Waals surface area contributed by atoms with Crippen molar-refractivity contribution in [2.24, 2.45) is 0 Å². The fourth-order valence-electron chi connectivity index (χ4n) is 2.46. The van der Waals surface area contributed by atoms with Gasteiger partial charge in [-0.25, -0.2) is 0 Å². The van der Waals surface area contributed by atoms with Gasteiger partial charge in [0.25, 0.3) is 0 Å². The fraction of sp³-hybridized carbons (Fsp3) is 0.462. The van der Waals surface area contributed by atoms with Crippen LogP contribution in [0.2, 0.25) is 0 Å². The highest BCUT2D eigenvalue weighted by Crippen LogP contribution is 2.31. The molecule has 0 radical (unpaired) electrons. The Morgan fingerprint density at radius 1 is 1.63 bits per heavy atom. The van der Waals surface area contributed by atoms with Crippen LogP contribution in [-0.2, 0) is 0 Å². The smallest absolute Gasteiger partial charge is 0.310 e. The molecule has 0 saturated carbocycles. The van der Waals surface area contributed by atoms with Gasteiger partial charge in [-0.1, -0.05) is 6.07 Å². The van der Waals surface area contributed by atoms with Crippen LogP contribution in [0.1, 0.15) is 18.4 Å². The van der Waals surface area contributed by atoms with Crippen molar-refractivity contribution < 1.29 is 4.92 Å². The van der Waals surface area contributed by atoms with Crippen molar-refractivity contribution >= 4 is 11.4 Å². The third kappa shape index (κ3) is 2.83. The van der Waals surface area contributed by atoms with Crippen molar-refractivity contribution in [1.29, 1.82) is 5.26 Å². The van der Waals surface area contributed by atoms with Gasteiger partial charge in [0.1, 0.15) is 17.3 Å². The van der Waals surface area contributed by atoms with Crippen LogP contribution in [0.5, 0.6) is 0 Å². The quantitative estimate of drug-likeness (QED) is 0.657. The third-order valence-electron chi connectivity index (χ3n) is 3.39. The summed E-state index contributed by atoms with van der Waals surface area (Å²) in [5, 5.41) is 23.5. The fourth-order valence-corrected chi connectivity index (χ4v) is 2.46. The molecule has 0 amide bonds. The van der Waals surface area contributed by atoms with Crippen LogP contribution >= 0.6 is 0 Å². The number of nitro benzene ring substituents is 1. The molecule has 1 fully saturated rings. The van der Waals surface area contributed by atoms with Gasteiger partial charge in [-0.3, -0.25) is 10.1 Å². The zero-order valence-corrected chi connectivity index (χ0v) is 10.8. The number of anilines is 1. The zero-order chi connectivity index (χ0) is 13.8. The van der Waals surface area contributed by atoms with Gasteiger partial charge >= 0.3 is 5.69 Å². The standard InChI is InChI=1S/C13H16N4O2/c1-16(9-11-5-3-7-15-11)12-6-2-4-10(8-14)13(12)17(18)19/h2,4,6,11,15H,3,5,7,9H2,1H3. The lowest BCUT2D eigenvalue weighted by atomic mass is 10.1. The molecule has 19 heavy (non-hydrogen) atoms. The highest BCUT2D eigenvalue weighted by atomic mass is 16.6. The lowest BCUT2D eigenvalue weighted by molar-refractivity contribution is -0.384. The van der Waals surface area contributed by atoms with Crippen molar-refractivity contribution in [3.05, 3.63) is 33.9 Å². The topological polar surface area (TPSA) is 82.2 Å². The lowest BCUT2D eigenvalue weighted by Crippen LogP contribution is -2.35. The maximum absolute atomic E-state index is 11.2. The molecule has 1 aromatic rings. The van der Waals surface area contributed by atoms with Gasteiger partial charge in [-0.2, -0.15) is 5.26 Å². The molecule has 1 aliphatic rings. The molecule has 6 heteroatoms. The summed E-state index contributed by atoms with van der Waals surface area (Å²) in [5.74, 6) is 0. The maximum Gasteiger partial charge on any atom is 0.310 e. The molecule has 0 bridgehead atoms. The molecule has 1 aromatic carbocycles. The number of nitro groups is 1. The van der Waals surface area contributed by atoms with Crippen LogP contribution in [0.15, 0.2) is 18.2 Å². The van der Waals surface area contributed by atoms with Crippen LogP contribution in [0.25, 0.3) is 0 Å². The molecule has 6 nitrogen and oxygen atoms in total. The molecule has 1 heterocycles. The van der Waals surface area contributed by atoms with Gasteiger partial charge in [-0.15, -0.1) is 0 Å². The molecule has 1 atom stereocenters. The van der Waals surface area contributed by atoms with E-state index in [-0.39, 0.29) is 11.3 Å². The number of hydrogen-bond donors (Lipinski definition) is 1. The minimum atomic E-state index is -0.480. The van der Waals surface area contributed by atoms with E-state index in [1.165, 1.54) is 6.07 Å². The molecule has 0 aliphatic carbocycles. The average Bonchev–Trinajstić information content (AvgIpc) is 2.90. The number of nitriles is 1. The van der Waals surface area contributed by atoms with Crippen molar-refractivity contribution in [3.63, 3.8) is 0 Å². The minimum Gasteiger partial charge on any atom is -0.367 e. The highest BCUT2D eigenvalue weighted by Gasteiger charge is 2.24. The Morgan fingerprint density at radius 2 is 2.42 bits per heavy atom. The second kappa shape index (κ2) is 5.67. The Labute approximate surface area is 111 Å². The lowest BCUT2D eigenvalue weighted by Gasteiger charge is -2.23. The Morgan fingerprint density at radius 3 is 3.00 bits per heavy atom. The van der Waals surface area contributed by atoms with E-state index in [1.807, 2.05) is 18.0 Å². The molecule has 0 aromatic heterocycles. The number of rotatable bonds is 4. The number of benzene rings is 1. The molecule has 1 saturated heterocycles. The second-order valence-corrected chi connectivity index (χ2v) is 4.72. The van der Waals surface area contributed by atoms with E-state index in [9.17, 15) is 10.1 Å². The largest absolute Gasteiger partial charge is 0.367 e. The van der Waals surface area contributed by atoms with Crippen molar-refractivity contribution in [2.75, 3.05) is 25.0 Å². The minimum absolute atomic E-state index is 0.105. The SMILES string of the molecule is CN(CC1CCCN1)c1cccc(C#N)c1[N+](=O)[O-]. The number of nitrogens with one attached hydrogen (secondary N) is 1. The van der Waals surface area contributed by atoms with Gasteiger partial charge in [0.15, 0.2) is 0 Å². The summed E-state index contributed by atoms with van der Waals surface area (Å²) in [5.41, 5.74) is 0.497. The zero-order valence-electron chi connectivity index (χ0n) is 10.8. The van der Waals surface area contributed by atoms with Gasteiger partial charge in [0.2, 0.25) is 0 Å². The van der Waals surface area contributed by atoms with Crippen molar-refractivity contribution in [1.82, 2.24) is 5.32 Å². The van der Waals surface area contributed by atoms with Crippen LogP contribution in [0, 0.1) is 21.4 Å². The number of nitrogens with zero attached hydrogens (tertiary/aromatic N) is 3. The summed E-state index contributed by atoms with van der Waals surface area (Å²) >= 11 is 0. The molecule has 0 spiro atoms. The van der Waals surface area contributed by atoms with Crippen LogP contribution in [-0.4, -0.2) is 31.1 Å².